The van der Waals surface area contributed by atoms with Crippen molar-refractivity contribution in [3.63, 3.8) is 0 Å². The number of anilines is 1. The molecule has 1 aromatic rings. The highest BCUT2D eigenvalue weighted by Gasteiger charge is 2.18. The van der Waals surface area contributed by atoms with Gasteiger partial charge >= 0.3 is 0 Å². The van der Waals surface area contributed by atoms with Crippen LogP contribution in [0.5, 0.6) is 0 Å². The molecule has 0 aliphatic heterocycles. The molecule has 0 amide bonds. The van der Waals surface area contributed by atoms with Gasteiger partial charge in [0.2, 0.25) is 0 Å². The summed E-state index contributed by atoms with van der Waals surface area (Å²) in [6.07, 6.45) is 1.78. The predicted molar refractivity (Wildman–Crippen MR) is 70.1 cm³/mol. The Morgan fingerprint density at radius 3 is 2.72 bits per heavy atom. The van der Waals surface area contributed by atoms with Gasteiger partial charge in [0.15, 0.2) is 0 Å². The molecular weight excluding hydrogens is 258 g/mol. The fraction of sp³-hybridized carbons (Fsp3) is 0.545. The molecule has 0 fully saturated rings. The number of aliphatic hydroxyl groups excluding tert-OH is 1. The number of hydrogen-bond acceptors (Lipinski definition) is 5. The smallest absolute Gasteiger partial charge is 0.289 e. The van der Waals surface area contributed by atoms with Gasteiger partial charge in [-0.3, -0.25) is 10.1 Å². The summed E-state index contributed by atoms with van der Waals surface area (Å²) in [6.45, 7) is 4.61. The fourth-order valence-electron chi connectivity index (χ4n) is 1.58. The van der Waals surface area contributed by atoms with Crippen molar-refractivity contribution >= 4 is 23.1 Å². The van der Waals surface area contributed by atoms with Gasteiger partial charge in [0.1, 0.15) is 12.0 Å². The highest BCUT2D eigenvalue weighted by Crippen LogP contribution is 2.28. The Balaban J connectivity index is 3.01. The topological polar surface area (TPSA) is 79.5 Å². The first-order valence-corrected chi connectivity index (χ1v) is 6.02. The number of aliphatic hydroxyl groups is 1. The van der Waals surface area contributed by atoms with E-state index < -0.39 is 4.92 Å². The lowest BCUT2D eigenvalue weighted by molar-refractivity contribution is -0.385. The molecule has 18 heavy (non-hydrogen) atoms. The maximum Gasteiger partial charge on any atom is 0.289 e. The van der Waals surface area contributed by atoms with Crippen LogP contribution in [0.4, 0.5) is 11.5 Å². The molecule has 1 aromatic heterocycles. The predicted octanol–water partition coefficient (Wildman–Crippen LogP) is 2.24. The SMILES string of the molecule is CC(C)N(CCCO)c1ncc([N+](=O)[O-])cc1Cl. The van der Waals surface area contributed by atoms with Crippen LogP contribution < -0.4 is 4.90 Å². The van der Waals surface area contributed by atoms with Crippen LogP contribution in [0.3, 0.4) is 0 Å². The molecule has 0 aliphatic rings. The Morgan fingerprint density at radius 1 is 1.61 bits per heavy atom. The lowest BCUT2D eigenvalue weighted by Crippen LogP contribution is -2.33. The summed E-state index contributed by atoms with van der Waals surface area (Å²) in [5.74, 6) is 0.505. The normalized spacial score (nSPS) is 10.7. The zero-order chi connectivity index (χ0) is 13.7. The van der Waals surface area contributed by atoms with E-state index in [2.05, 4.69) is 4.98 Å². The number of pyridine rings is 1. The Hall–Kier alpha value is -1.40. The highest BCUT2D eigenvalue weighted by molar-refractivity contribution is 6.33. The van der Waals surface area contributed by atoms with Gasteiger partial charge in [-0.2, -0.15) is 0 Å². The van der Waals surface area contributed by atoms with Gasteiger partial charge in [0.25, 0.3) is 5.69 Å². The number of nitrogens with zero attached hydrogens (tertiary/aromatic N) is 3. The van der Waals surface area contributed by atoms with Gasteiger partial charge in [-0.25, -0.2) is 4.98 Å². The average molecular weight is 274 g/mol. The van der Waals surface area contributed by atoms with E-state index in [1.165, 1.54) is 12.3 Å². The molecule has 0 radical (unpaired) electrons. The summed E-state index contributed by atoms with van der Waals surface area (Å²) in [6, 6.07) is 1.43. The largest absolute Gasteiger partial charge is 0.396 e. The summed E-state index contributed by atoms with van der Waals surface area (Å²) in [5.41, 5.74) is -0.130. The summed E-state index contributed by atoms with van der Waals surface area (Å²) in [7, 11) is 0. The van der Waals surface area contributed by atoms with Crippen molar-refractivity contribution in [1.29, 1.82) is 0 Å². The molecule has 100 valence electrons. The molecule has 0 saturated carbocycles. The maximum absolute atomic E-state index is 10.6. The lowest BCUT2D eigenvalue weighted by Gasteiger charge is -2.28. The second-order valence-electron chi connectivity index (χ2n) is 4.12. The Morgan fingerprint density at radius 2 is 2.28 bits per heavy atom. The third-order valence-electron chi connectivity index (χ3n) is 2.47. The third kappa shape index (κ3) is 3.54. The van der Waals surface area contributed by atoms with Crippen LogP contribution in [-0.2, 0) is 0 Å². The molecule has 0 atom stereocenters. The van der Waals surface area contributed by atoms with Crippen molar-refractivity contribution in [3.8, 4) is 0 Å². The second-order valence-corrected chi connectivity index (χ2v) is 4.53. The second kappa shape index (κ2) is 6.51. The lowest BCUT2D eigenvalue weighted by atomic mass is 10.2. The number of nitro groups is 1. The minimum atomic E-state index is -0.532. The van der Waals surface area contributed by atoms with E-state index in [9.17, 15) is 10.1 Å². The fourth-order valence-corrected chi connectivity index (χ4v) is 1.85. The van der Waals surface area contributed by atoms with Gasteiger partial charge < -0.3 is 10.0 Å². The zero-order valence-electron chi connectivity index (χ0n) is 10.3. The standard InChI is InChI=1S/C11H16ClN3O3/c1-8(2)14(4-3-5-16)11-10(12)6-9(7-13-11)15(17)18/h6-8,16H,3-5H2,1-2H3. The molecule has 1 rings (SSSR count). The van der Waals surface area contributed by atoms with E-state index >= 15 is 0 Å². The van der Waals surface area contributed by atoms with Gasteiger partial charge in [-0.1, -0.05) is 11.6 Å². The number of rotatable bonds is 6. The average Bonchev–Trinajstić information content (AvgIpc) is 2.30. The highest BCUT2D eigenvalue weighted by atomic mass is 35.5. The summed E-state index contributed by atoms with van der Waals surface area (Å²) >= 11 is 6.02. The first-order valence-electron chi connectivity index (χ1n) is 5.64. The molecule has 0 aromatic carbocycles. The van der Waals surface area contributed by atoms with E-state index in [-0.39, 0.29) is 23.4 Å². The van der Waals surface area contributed by atoms with Crippen LogP contribution in [0.2, 0.25) is 5.02 Å². The van der Waals surface area contributed by atoms with Gasteiger partial charge in [-0.15, -0.1) is 0 Å². The zero-order valence-corrected chi connectivity index (χ0v) is 11.1. The number of aromatic nitrogens is 1. The van der Waals surface area contributed by atoms with Crippen LogP contribution >= 0.6 is 11.6 Å². The van der Waals surface area contributed by atoms with Crippen LogP contribution in [-0.4, -0.2) is 34.2 Å². The first kappa shape index (κ1) is 14.7. The molecule has 1 N–H and O–H groups in total. The van der Waals surface area contributed by atoms with E-state index in [0.29, 0.717) is 18.8 Å². The van der Waals surface area contributed by atoms with Crippen molar-refractivity contribution in [2.45, 2.75) is 26.3 Å². The molecule has 0 saturated heterocycles. The Bertz CT molecular complexity index is 426. The van der Waals surface area contributed by atoms with E-state index in [1.54, 1.807) is 0 Å². The van der Waals surface area contributed by atoms with Crippen LogP contribution in [0.1, 0.15) is 20.3 Å². The van der Waals surface area contributed by atoms with Crippen LogP contribution in [0.25, 0.3) is 0 Å². The first-order chi connectivity index (χ1) is 8.47. The Kier molecular flexibility index (Phi) is 5.30. The van der Waals surface area contributed by atoms with Crippen molar-refractivity contribution in [1.82, 2.24) is 4.98 Å². The number of halogens is 1. The quantitative estimate of drug-likeness (QED) is 0.635. The van der Waals surface area contributed by atoms with Crippen LogP contribution in [0, 0.1) is 10.1 Å². The maximum atomic E-state index is 10.6. The molecule has 0 spiro atoms. The summed E-state index contributed by atoms with van der Waals surface area (Å²) in [5, 5.41) is 19.7. The van der Waals surface area contributed by atoms with E-state index in [0.717, 1.165) is 0 Å². The summed E-state index contributed by atoms with van der Waals surface area (Å²) in [4.78, 5) is 16.0. The monoisotopic (exact) mass is 273 g/mol. The van der Waals surface area contributed by atoms with Gasteiger partial charge in [0.05, 0.1) is 9.95 Å². The minimum absolute atomic E-state index is 0.0772. The number of hydrogen-bond donors (Lipinski definition) is 1. The van der Waals surface area contributed by atoms with Gasteiger partial charge in [0, 0.05) is 25.3 Å². The van der Waals surface area contributed by atoms with Crippen molar-refractivity contribution in [3.05, 3.63) is 27.4 Å². The molecule has 0 unspecified atom stereocenters. The Labute approximate surface area is 110 Å². The molecule has 1 heterocycles. The van der Waals surface area contributed by atoms with Crippen molar-refractivity contribution in [2.75, 3.05) is 18.1 Å². The molecule has 6 nitrogen and oxygen atoms in total. The van der Waals surface area contributed by atoms with Crippen molar-refractivity contribution < 1.29 is 10.0 Å². The van der Waals surface area contributed by atoms with E-state index in [1.807, 2.05) is 18.7 Å². The minimum Gasteiger partial charge on any atom is -0.396 e. The molecule has 7 heteroatoms. The van der Waals surface area contributed by atoms with Crippen LogP contribution in [0.15, 0.2) is 12.3 Å². The molecule has 0 bridgehead atoms. The third-order valence-corrected chi connectivity index (χ3v) is 2.75. The van der Waals surface area contributed by atoms with Crippen molar-refractivity contribution in [2.24, 2.45) is 0 Å². The van der Waals surface area contributed by atoms with Gasteiger partial charge in [-0.05, 0) is 20.3 Å². The molecule has 0 aliphatic carbocycles. The molecular formula is C11H16ClN3O3. The van der Waals surface area contributed by atoms with E-state index in [4.69, 9.17) is 16.7 Å². The summed E-state index contributed by atoms with van der Waals surface area (Å²) < 4.78 is 0.